The molecule has 0 saturated carbocycles. The van der Waals surface area contributed by atoms with Crippen LogP contribution in [-0.2, 0) is 0 Å². The van der Waals surface area contributed by atoms with Crippen LogP contribution in [0.1, 0.15) is 47.0 Å². The smallest absolute Gasteiger partial charge is 0.116 e. The molecule has 3 nitrogen and oxygen atoms in total. The van der Waals surface area contributed by atoms with Gasteiger partial charge in [0.2, 0.25) is 0 Å². The molecule has 0 aromatic rings. The molecule has 0 amide bonds. The Morgan fingerprint density at radius 3 is 2.69 bits per heavy atom. The van der Waals surface area contributed by atoms with Gasteiger partial charge in [0.25, 0.3) is 0 Å². The Morgan fingerprint density at radius 2 is 2.15 bits per heavy atom. The van der Waals surface area contributed by atoms with Crippen molar-refractivity contribution in [2.24, 2.45) is 5.10 Å². The topological polar surface area (TPSA) is 27.6 Å². The van der Waals surface area contributed by atoms with E-state index in [1.165, 1.54) is 19.3 Å². The lowest BCUT2D eigenvalue weighted by Crippen LogP contribution is -2.48. The van der Waals surface area contributed by atoms with Crippen molar-refractivity contribution in [1.82, 2.24) is 10.3 Å². The Balaban J connectivity index is 2.48. The first-order chi connectivity index (χ1) is 6.05. The van der Waals surface area contributed by atoms with Gasteiger partial charge < -0.3 is 4.90 Å². The molecule has 0 bridgehead atoms. The minimum Gasteiger partial charge on any atom is -0.335 e. The number of hydrazone groups is 1. The van der Waals surface area contributed by atoms with Crippen molar-refractivity contribution in [2.75, 3.05) is 0 Å². The summed E-state index contributed by atoms with van der Waals surface area (Å²) in [6.45, 7) is 8.86. The molecule has 0 aliphatic carbocycles. The summed E-state index contributed by atoms with van der Waals surface area (Å²) in [5, 5.41) is 4.12. The highest BCUT2D eigenvalue weighted by molar-refractivity contribution is 5.58. The number of hydrogen-bond acceptors (Lipinski definition) is 3. The van der Waals surface area contributed by atoms with E-state index in [4.69, 9.17) is 0 Å². The molecular formula is C10H21N3. The first-order valence-electron chi connectivity index (χ1n) is 5.13. The Kier molecular flexibility index (Phi) is 3.17. The van der Waals surface area contributed by atoms with Crippen LogP contribution in [0.2, 0.25) is 0 Å². The zero-order chi connectivity index (χ0) is 9.90. The second kappa shape index (κ2) is 3.99. The molecule has 0 aromatic carbocycles. The zero-order valence-electron chi connectivity index (χ0n) is 9.17. The molecule has 1 N–H and O–H groups in total. The van der Waals surface area contributed by atoms with E-state index >= 15 is 0 Å². The zero-order valence-corrected chi connectivity index (χ0v) is 9.17. The normalized spacial score (nSPS) is 22.2. The largest absolute Gasteiger partial charge is 0.335 e. The van der Waals surface area contributed by atoms with Crippen LogP contribution in [0, 0.1) is 0 Å². The molecular weight excluding hydrogens is 162 g/mol. The average Bonchev–Trinajstić information content (AvgIpc) is 2.47. The average molecular weight is 183 g/mol. The Labute approximate surface area is 81.2 Å². The van der Waals surface area contributed by atoms with Gasteiger partial charge in [0.15, 0.2) is 0 Å². The van der Waals surface area contributed by atoms with E-state index in [1.54, 1.807) is 0 Å². The monoisotopic (exact) mass is 183 g/mol. The Hall–Kier alpha value is -0.730. The Morgan fingerprint density at radius 1 is 1.46 bits per heavy atom. The summed E-state index contributed by atoms with van der Waals surface area (Å²) in [6, 6.07) is 0. The van der Waals surface area contributed by atoms with E-state index in [0.29, 0.717) is 6.17 Å². The van der Waals surface area contributed by atoms with E-state index < -0.39 is 0 Å². The van der Waals surface area contributed by atoms with Crippen LogP contribution < -0.4 is 5.43 Å². The van der Waals surface area contributed by atoms with E-state index in [2.05, 4.69) is 43.1 Å². The van der Waals surface area contributed by atoms with Gasteiger partial charge in [-0.3, -0.25) is 5.43 Å². The summed E-state index contributed by atoms with van der Waals surface area (Å²) in [5.41, 5.74) is 3.32. The quantitative estimate of drug-likeness (QED) is 0.726. The highest BCUT2D eigenvalue weighted by atomic mass is 15.5. The van der Waals surface area contributed by atoms with E-state index in [-0.39, 0.29) is 5.54 Å². The van der Waals surface area contributed by atoms with Crippen molar-refractivity contribution in [2.45, 2.75) is 58.7 Å². The lowest BCUT2D eigenvalue weighted by molar-refractivity contribution is 0.167. The summed E-state index contributed by atoms with van der Waals surface area (Å²) >= 11 is 0. The van der Waals surface area contributed by atoms with E-state index in [9.17, 15) is 0 Å². The summed E-state index contributed by atoms with van der Waals surface area (Å²) < 4.78 is 0. The van der Waals surface area contributed by atoms with Crippen molar-refractivity contribution < 1.29 is 0 Å². The fourth-order valence-electron chi connectivity index (χ4n) is 1.57. The third-order valence-corrected chi connectivity index (χ3v) is 2.35. The van der Waals surface area contributed by atoms with Crippen LogP contribution in [-0.4, -0.2) is 22.9 Å². The molecule has 0 saturated heterocycles. The van der Waals surface area contributed by atoms with Gasteiger partial charge in [-0.05, 0) is 33.6 Å². The maximum absolute atomic E-state index is 4.12. The molecule has 0 spiro atoms. The van der Waals surface area contributed by atoms with Gasteiger partial charge >= 0.3 is 0 Å². The van der Waals surface area contributed by atoms with Crippen LogP contribution in [0.5, 0.6) is 0 Å². The minimum atomic E-state index is 0.172. The molecule has 13 heavy (non-hydrogen) atoms. The van der Waals surface area contributed by atoms with Gasteiger partial charge in [-0.25, -0.2) is 0 Å². The van der Waals surface area contributed by atoms with E-state index in [1.807, 2.05) is 6.34 Å². The standard InChI is InChI=1S/C10H21N3/c1-5-6-7-9-12-11-8-13(9)10(2,3)4/h8-9,12H,5-7H2,1-4H3. The fourth-order valence-corrected chi connectivity index (χ4v) is 1.57. The van der Waals surface area contributed by atoms with Gasteiger partial charge in [-0.15, -0.1) is 0 Å². The lowest BCUT2D eigenvalue weighted by Gasteiger charge is -2.35. The SMILES string of the molecule is CCCCC1NN=CN1C(C)(C)C. The summed E-state index contributed by atoms with van der Waals surface area (Å²) in [5.74, 6) is 0. The van der Waals surface area contributed by atoms with Crippen molar-refractivity contribution in [3.05, 3.63) is 0 Å². The first kappa shape index (κ1) is 10.4. The second-order valence-electron chi connectivity index (χ2n) is 4.61. The molecule has 1 atom stereocenters. The van der Waals surface area contributed by atoms with Crippen molar-refractivity contribution >= 4 is 6.34 Å². The summed E-state index contributed by atoms with van der Waals surface area (Å²) in [4.78, 5) is 2.29. The maximum Gasteiger partial charge on any atom is 0.116 e. The molecule has 0 radical (unpaired) electrons. The summed E-state index contributed by atoms with van der Waals surface area (Å²) in [6.07, 6.45) is 6.00. The summed E-state index contributed by atoms with van der Waals surface area (Å²) in [7, 11) is 0. The molecule has 0 fully saturated rings. The molecule has 1 heterocycles. The highest BCUT2D eigenvalue weighted by Gasteiger charge is 2.28. The predicted octanol–water partition coefficient (Wildman–Crippen LogP) is 2.15. The van der Waals surface area contributed by atoms with Crippen molar-refractivity contribution in [1.29, 1.82) is 0 Å². The van der Waals surface area contributed by atoms with Crippen molar-refractivity contribution in [3.8, 4) is 0 Å². The van der Waals surface area contributed by atoms with Crippen LogP contribution in [0.25, 0.3) is 0 Å². The lowest BCUT2D eigenvalue weighted by atomic mass is 10.0. The first-order valence-corrected chi connectivity index (χ1v) is 5.13. The number of rotatable bonds is 3. The maximum atomic E-state index is 4.12. The molecule has 1 aliphatic heterocycles. The number of nitrogens with one attached hydrogen (secondary N) is 1. The van der Waals surface area contributed by atoms with Gasteiger partial charge in [0.05, 0.1) is 0 Å². The van der Waals surface area contributed by atoms with Gasteiger partial charge in [-0.2, -0.15) is 5.10 Å². The van der Waals surface area contributed by atoms with Crippen molar-refractivity contribution in [3.63, 3.8) is 0 Å². The third kappa shape index (κ3) is 2.61. The van der Waals surface area contributed by atoms with Crippen LogP contribution in [0.15, 0.2) is 5.10 Å². The predicted molar refractivity (Wildman–Crippen MR) is 56.5 cm³/mol. The van der Waals surface area contributed by atoms with Crippen LogP contribution in [0.3, 0.4) is 0 Å². The van der Waals surface area contributed by atoms with Gasteiger partial charge in [0, 0.05) is 5.54 Å². The second-order valence-corrected chi connectivity index (χ2v) is 4.61. The molecule has 76 valence electrons. The van der Waals surface area contributed by atoms with Gasteiger partial charge in [0.1, 0.15) is 12.5 Å². The fraction of sp³-hybridized carbons (Fsp3) is 0.900. The van der Waals surface area contributed by atoms with E-state index in [0.717, 1.165) is 0 Å². The molecule has 1 aliphatic rings. The number of nitrogens with zero attached hydrogens (tertiary/aromatic N) is 2. The number of unbranched alkanes of at least 4 members (excludes halogenated alkanes) is 1. The molecule has 1 rings (SSSR count). The third-order valence-electron chi connectivity index (χ3n) is 2.35. The molecule has 0 aromatic heterocycles. The number of hydrogen-bond donors (Lipinski definition) is 1. The highest BCUT2D eigenvalue weighted by Crippen LogP contribution is 2.19. The molecule has 1 unspecified atom stereocenters. The van der Waals surface area contributed by atoms with Crippen LogP contribution in [0.4, 0.5) is 0 Å². The van der Waals surface area contributed by atoms with Gasteiger partial charge in [-0.1, -0.05) is 13.3 Å². The minimum absolute atomic E-state index is 0.172. The Bertz CT molecular complexity index is 181. The van der Waals surface area contributed by atoms with Crippen LogP contribution >= 0.6 is 0 Å². The molecule has 3 heteroatoms.